The van der Waals surface area contributed by atoms with E-state index in [0.717, 1.165) is 25.0 Å². The van der Waals surface area contributed by atoms with Gasteiger partial charge in [0, 0.05) is 30.1 Å². The van der Waals surface area contributed by atoms with E-state index in [1.54, 1.807) is 37.9 Å². The predicted molar refractivity (Wildman–Crippen MR) is 135 cm³/mol. The van der Waals surface area contributed by atoms with Gasteiger partial charge in [-0.3, -0.25) is 4.79 Å². The van der Waals surface area contributed by atoms with Gasteiger partial charge in [0.05, 0.1) is 30.8 Å². The number of hydrogen-bond donors (Lipinski definition) is 2. The number of carbonyl (C=O) groups excluding carboxylic acids is 1. The number of nitrogens with two attached hydrogens (primary N) is 1. The lowest BCUT2D eigenvalue weighted by atomic mass is 10.0. The standard InChI is InChI=1S/C26H30F3N5O3/c1-14(17-9-18(26(27,28)29)11-19(30)10-17)31-24-20-12-23(22(36-4)13-21(20)32-15(2)33-24)37-8-7-34(3)25(35)16-5-6-16/h9-14,16H,5-8,30H2,1-4H3,(H,31,32,33)/t14-/m1/s1. The van der Waals surface area contributed by atoms with E-state index in [2.05, 4.69) is 15.3 Å². The zero-order chi connectivity index (χ0) is 26.9. The van der Waals surface area contributed by atoms with Crippen LogP contribution in [0.2, 0.25) is 0 Å². The summed E-state index contributed by atoms with van der Waals surface area (Å²) in [7, 11) is 3.27. The van der Waals surface area contributed by atoms with E-state index in [4.69, 9.17) is 15.2 Å². The van der Waals surface area contributed by atoms with Gasteiger partial charge >= 0.3 is 6.18 Å². The van der Waals surface area contributed by atoms with Crippen molar-refractivity contribution in [2.75, 3.05) is 38.4 Å². The summed E-state index contributed by atoms with van der Waals surface area (Å²) in [5.41, 5.74) is 5.90. The maximum absolute atomic E-state index is 13.3. The first-order valence-electron chi connectivity index (χ1n) is 11.9. The van der Waals surface area contributed by atoms with E-state index >= 15 is 0 Å². The Hall–Kier alpha value is -3.76. The molecule has 0 bridgehead atoms. The monoisotopic (exact) mass is 517 g/mol. The Morgan fingerprint density at radius 2 is 1.92 bits per heavy atom. The Bertz CT molecular complexity index is 1310. The fourth-order valence-corrected chi connectivity index (χ4v) is 4.06. The molecule has 0 spiro atoms. The van der Waals surface area contributed by atoms with Crippen LogP contribution in [0.25, 0.3) is 10.9 Å². The first-order chi connectivity index (χ1) is 17.5. The van der Waals surface area contributed by atoms with Gasteiger partial charge in [0.15, 0.2) is 11.5 Å². The molecule has 11 heteroatoms. The lowest BCUT2D eigenvalue weighted by Crippen LogP contribution is -2.31. The van der Waals surface area contributed by atoms with Gasteiger partial charge in [0.1, 0.15) is 18.2 Å². The van der Waals surface area contributed by atoms with Crippen molar-refractivity contribution in [1.29, 1.82) is 0 Å². The summed E-state index contributed by atoms with van der Waals surface area (Å²) in [6.45, 7) is 4.12. The van der Waals surface area contributed by atoms with Crippen LogP contribution in [-0.4, -0.2) is 48.1 Å². The zero-order valence-corrected chi connectivity index (χ0v) is 21.1. The van der Waals surface area contributed by atoms with E-state index in [1.165, 1.54) is 13.2 Å². The summed E-state index contributed by atoms with van der Waals surface area (Å²) < 4.78 is 51.4. The molecule has 1 aliphatic carbocycles. The van der Waals surface area contributed by atoms with Gasteiger partial charge in [-0.2, -0.15) is 13.2 Å². The largest absolute Gasteiger partial charge is 0.493 e. The predicted octanol–water partition coefficient (Wildman–Crippen LogP) is 4.97. The molecule has 3 N–H and O–H groups in total. The van der Waals surface area contributed by atoms with E-state index in [1.807, 2.05) is 0 Å². The van der Waals surface area contributed by atoms with E-state index in [0.29, 0.717) is 46.2 Å². The van der Waals surface area contributed by atoms with Crippen LogP contribution in [0.3, 0.4) is 0 Å². The second-order valence-electron chi connectivity index (χ2n) is 9.27. The van der Waals surface area contributed by atoms with Crippen molar-refractivity contribution in [3.63, 3.8) is 0 Å². The average Bonchev–Trinajstić information content (AvgIpc) is 3.67. The van der Waals surface area contributed by atoms with Crippen molar-refractivity contribution >= 4 is 28.3 Å². The summed E-state index contributed by atoms with van der Waals surface area (Å²) in [6, 6.07) is 6.38. The number of amides is 1. The highest BCUT2D eigenvalue weighted by Crippen LogP contribution is 2.37. The molecule has 0 unspecified atom stereocenters. The maximum Gasteiger partial charge on any atom is 0.416 e. The third-order valence-corrected chi connectivity index (χ3v) is 6.24. The molecule has 1 amide bonds. The number of carbonyl (C=O) groups is 1. The minimum absolute atomic E-state index is 0.0211. The molecule has 198 valence electrons. The lowest BCUT2D eigenvalue weighted by molar-refractivity contribution is -0.137. The average molecular weight is 518 g/mol. The van der Waals surface area contributed by atoms with Gasteiger partial charge in [0.25, 0.3) is 0 Å². The Balaban J connectivity index is 1.60. The fourth-order valence-electron chi connectivity index (χ4n) is 4.06. The molecule has 0 aliphatic heterocycles. The van der Waals surface area contributed by atoms with Crippen LogP contribution in [-0.2, 0) is 11.0 Å². The van der Waals surface area contributed by atoms with Gasteiger partial charge < -0.3 is 25.4 Å². The molecule has 1 aromatic heterocycles. The molecule has 37 heavy (non-hydrogen) atoms. The number of likely N-dealkylation sites (N-methyl/N-ethyl adjacent to an activating group) is 1. The van der Waals surface area contributed by atoms with Crippen LogP contribution >= 0.6 is 0 Å². The Kier molecular flexibility index (Phi) is 7.33. The van der Waals surface area contributed by atoms with E-state index in [9.17, 15) is 18.0 Å². The smallest absolute Gasteiger partial charge is 0.416 e. The molecule has 1 heterocycles. The van der Waals surface area contributed by atoms with Crippen LogP contribution < -0.4 is 20.5 Å². The summed E-state index contributed by atoms with van der Waals surface area (Å²) in [5.74, 6) is 2.05. The quantitative estimate of drug-likeness (QED) is 0.387. The first-order valence-corrected chi connectivity index (χ1v) is 11.9. The van der Waals surface area contributed by atoms with Crippen molar-refractivity contribution < 1.29 is 27.4 Å². The highest BCUT2D eigenvalue weighted by Gasteiger charge is 2.32. The molecule has 1 saturated carbocycles. The zero-order valence-electron chi connectivity index (χ0n) is 21.1. The molecule has 2 aromatic carbocycles. The number of nitrogens with one attached hydrogen (secondary N) is 1. The van der Waals surface area contributed by atoms with Crippen LogP contribution in [0.15, 0.2) is 30.3 Å². The number of aryl methyl sites for hydroxylation is 1. The van der Waals surface area contributed by atoms with Crippen LogP contribution in [0.5, 0.6) is 11.5 Å². The molecule has 3 aromatic rings. The highest BCUT2D eigenvalue weighted by molar-refractivity contribution is 5.92. The van der Waals surface area contributed by atoms with Gasteiger partial charge in [0.2, 0.25) is 5.91 Å². The maximum atomic E-state index is 13.3. The number of hydrogen-bond acceptors (Lipinski definition) is 7. The van der Waals surface area contributed by atoms with Crippen LogP contribution in [0.1, 0.15) is 42.8 Å². The molecule has 0 saturated heterocycles. The summed E-state index contributed by atoms with van der Waals surface area (Å²) in [5, 5.41) is 3.81. The number of nitrogens with zero attached hydrogens (tertiary/aromatic N) is 3. The van der Waals surface area contributed by atoms with Gasteiger partial charge in [-0.15, -0.1) is 0 Å². The van der Waals surface area contributed by atoms with E-state index in [-0.39, 0.29) is 24.1 Å². The van der Waals surface area contributed by atoms with Crippen LogP contribution in [0, 0.1) is 12.8 Å². The second kappa shape index (κ2) is 10.3. The summed E-state index contributed by atoms with van der Waals surface area (Å²) in [6.07, 6.45) is -2.64. The Morgan fingerprint density at radius 1 is 1.19 bits per heavy atom. The molecule has 1 atom stereocenters. The minimum atomic E-state index is -4.51. The molecule has 1 fully saturated rings. The Labute approximate surface area is 213 Å². The fraction of sp³-hybridized carbons (Fsp3) is 0.423. The van der Waals surface area contributed by atoms with Crippen molar-refractivity contribution in [2.45, 2.75) is 38.9 Å². The van der Waals surface area contributed by atoms with E-state index < -0.39 is 17.8 Å². The molecular formula is C26H30F3N5O3. The van der Waals surface area contributed by atoms with Crippen molar-refractivity contribution in [1.82, 2.24) is 14.9 Å². The summed E-state index contributed by atoms with van der Waals surface area (Å²) in [4.78, 5) is 22.8. The number of aromatic nitrogens is 2. The van der Waals surface area contributed by atoms with Gasteiger partial charge in [-0.05, 0) is 56.5 Å². The molecule has 1 aliphatic rings. The number of anilines is 2. The number of fused-ring (bicyclic) bond motifs is 1. The third kappa shape index (κ3) is 6.15. The highest BCUT2D eigenvalue weighted by atomic mass is 19.4. The topological polar surface area (TPSA) is 103 Å². The number of ether oxygens (including phenoxy) is 2. The minimum Gasteiger partial charge on any atom is -0.493 e. The number of benzene rings is 2. The normalized spacial score (nSPS) is 14.4. The molecule has 4 rings (SSSR count). The third-order valence-electron chi connectivity index (χ3n) is 6.24. The molecule has 0 radical (unpaired) electrons. The SMILES string of the molecule is COc1cc2nc(C)nc(N[C@H](C)c3cc(N)cc(C(F)(F)F)c3)c2cc1OCCN(C)C(=O)C1CC1. The van der Waals surface area contributed by atoms with Gasteiger partial charge in [-0.1, -0.05) is 0 Å². The van der Waals surface area contributed by atoms with Gasteiger partial charge in [-0.25, -0.2) is 9.97 Å². The lowest BCUT2D eigenvalue weighted by Gasteiger charge is -2.20. The summed E-state index contributed by atoms with van der Waals surface area (Å²) >= 11 is 0. The number of nitrogen functional groups attached to an aromatic ring is 1. The second-order valence-corrected chi connectivity index (χ2v) is 9.27. The number of alkyl halides is 3. The Morgan fingerprint density at radius 3 is 2.57 bits per heavy atom. The van der Waals surface area contributed by atoms with Crippen LogP contribution in [0.4, 0.5) is 24.7 Å². The first kappa shape index (κ1) is 26.3. The van der Waals surface area contributed by atoms with Crippen molar-refractivity contribution in [3.8, 4) is 11.5 Å². The number of methoxy groups -OCH3 is 1. The molecule has 8 nitrogen and oxygen atoms in total. The molecular weight excluding hydrogens is 487 g/mol. The van der Waals surface area contributed by atoms with Crippen molar-refractivity contribution in [3.05, 3.63) is 47.3 Å². The van der Waals surface area contributed by atoms with Crippen molar-refractivity contribution in [2.24, 2.45) is 5.92 Å². The number of halogens is 3. The number of rotatable bonds is 9.